The summed E-state index contributed by atoms with van der Waals surface area (Å²) in [5, 5.41) is 0. The van der Waals surface area contributed by atoms with Crippen LogP contribution in [0.2, 0.25) is 0 Å². The quantitative estimate of drug-likeness (QED) is 0.810. The van der Waals surface area contributed by atoms with Crippen LogP contribution in [0, 0.1) is 0 Å². The first-order chi connectivity index (χ1) is 8.10. The zero-order valence-corrected chi connectivity index (χ0v) is 9.93. The molecule has 2 rings (SSSR count). The molecule has 0 radical (unpaired) electrons. The number of pyridine rings is 1. The molecule has 5 heteroatoms. The van der Waals surface area contributed by atoms with Gasteiger partial charge in [-0.1, -0.05) is 0 Å². The van der Waals surface area contributed by atoms with Gasteiger partial charge >= 0.3 is 0 Å². The number of primary amides is 1. The molecule has 0 spiro atoms. The Morgan fingerprint density at radius 3 is 2.94 bits per heavy atom. The van der Waals surface area contributed by atoms with Crippen LogP contribution in [0.25, 0.3) is 0 Å². The molecule has 1 aromatic rings. The van der Waals surface area contributed by atoms with E-state index in [0.717, 1.165) is 13.1 Å². The minimum Gasteiger partial charge on any atom is -0.367 e. The minimum atomic E-state index is -0.870. The van der Waals surface area contributed by atoms with Gasteiger partial charge in [-0.3, -0.25) is 14.7 Å². The Morgan fingerprint density at radius 2 is 2.29 bits per heavy atom. The predicted octanol–water partition coefficient (Wildman–Crippen LogP) is 0.158. The van der Waals surface area contributed by atoms with Crippen LogP contribution in [0.4, 0.5) is 0 Å². The summed E-state index contributed by atoms with van der Waals surface area (Å²) in [4.78, 5) is 17.5. The van der Waals surface area contributed by atoms with Crippen molar-refractivity contribution in [3.05, 3.63) is 30.1 Å². The highest BCUT2D eigenvalue weighted by atomic mass is 16.5. The maximum absolute atomic E-state index is 11.3. The van der Waals surface area contributed by atoms with Crippen molar-refractivity contribution >= 4 is 5.91 Å². The number of ether oxygens (including phenoxy) is 1. The van der Waals surface area contributed by atoms with Gasteiger partial charge in [0.2, 0.25) is 0 Å². The second kappa shape index (κ2) is 4.81. The van der Waals surface area contributed by atoms with Gasteiger partial charge in [0.1, 0.15) is 0 Å². The zero-order valence-electron chi connectivity index (χ0n) is 9.93. The molecule has 0 saturated carbocycles. The van der Waals surface area contributed by atoms with E-state index in [-0.39, 0.29) is 0 Å². The highest BCUT2D eigenvalue weighted by Crippen LogP contribution is 2.18. The van der Waals surface area contributed by atoms with E-state index >= 15 is 0 Å². The van der Waals surface area contributed by atoms with Crippen molar-refractivity contribution in [3.63, 3.8) is 0 Å². The summed E-state index contributed by atoms with van der Waals surface area (Å²) in [5.74, 6) is -0.406. The summed E-state index contributed by atoms with van der Waals surface area (Å²) in [5.41, 5.74) is 5.66. The number of aromatic nitrogens is 1. The van der Waals surface area contributed by atoms with Crippen molar-refractivity contribution in [2.24, 2.45) is 5.73 Å². The number of nitrogens with two attached hydrogens (primary N) is 1. The maximum atomic E-state index is 11.3. The van der Waals surface area contributed by atoms with Gasteiger partial charge in [0.15, 0.2) is 5.60 Å². The Balaban J connectivity index is 2.01. The lowest BCUT2D eigenvalue weighted by Crippen LogP contribution is -2.56. The first-order valence-electron chi connectivity index (χ1n) is 5.65. The Kier molecular flexibility index (Phi) is 3.40. The fourth-order valence-electron chi connectivity index (χ4n) is 1.98. The van der Waals surface area contributed by atoms with Crippen molar-refractivity contribution in [1.29, 1.82) is 0 Å². The maximum Gasteiger partial charge on any atom is 0.250 e. The summed E-state index contributed by atoms with van der Waals surface area (Å²) in [7, 11) is 0. The highest BCUT2D eigenvalue weighted by Gasteiger charge is 2.37. The molecule has 0 bridgehead atoms. The molecule has 1 saturated heterocycles. The monoisotopic (exact) mass is 235 g/mol. The first-order valence-corrected chi connectivity index (χ1v) is 5.65. The van der Waals surface area contributed by atoms with Gasteiger partial charge in [-0.05, 0) is 24.6 Å². The molecule has 17 heavy (non-hydrogen) atoms. The van der Waals surface area contributed by atoms with Crippen LogP contribution >= 0.6 is 0 Å². The number of carbonyl (C=O) groups is 1. The molecule has 1 fully saturated rings. The van der Waals surface area contributed by atoms with E-state index in [2.05, 4.69) is 9.88 Å². The van der Waals surface area contributed by atoms with Gasteiger partial charge in [-0.2, -0.15) is 0 Å². The molecule has 1 amide bonds. The summed E-state index contributed by atoms with van der Waals surface area (Å²) in [6.07, 6.45) is 3.53. The molecule has 2 heterocycles. The third kappa shape index (κ3) is 2.81. The number of nitrogens with zero attached hydrogens (tertiary/aromatic N) is 2. The second-order valence-electron chi connectivity index (χ2n) is 4.51. The van der Waals surface area contributed by atoms with Crippen molar-refractivity contribution < 1.29 is 9.53 Å². The number of hydrogen-bond donors (Lipinski definition) is 1. The molecule has 1 aliphatic rings. The standard InChI is InChI=1S/C12H17N3O2/c1-12(11(13)16)9-15(6-7-17-12)8-10-2-4-14-5-3-10/h2-5H,6-9H2,1H3,(H2,13,16)/t12-/m0/s1. The number of hydrogen-bond acceptors (Lipinski definition) is 4. The topological polar surface area (TPSA) is 68.5 Å². The van der Waals surface area contributed by atoms with Gasteiger partial charge in [-0.25, -0.2) is 0 Å². The van der Waals surface area contributed by atoms with Crippen molar-refractivity contribution in [2.45, 2.75) is 19.1 Å². The third-order valence-electron chi connectivity index (χ3n) is 3.03. The van der Waals surface area contributed by atoms with Crippen molar-refractivity contribution in [3.8, 4) is 0 Å². The zero-order chi connectivity index (χ0) is 12.3. The molecule has 92 valence electrons. The predicted molar refractivity (Wildman–Crippen MR) is 63.1 cm³/mol. The van der Waals surface area contributed by atoms with Crippen LogP contribution in [0.1, 0.15) is 12.5 Å². The molecule has 5 nitrogen and oxygen atoms in total. The average Bonchev–Trinajstić information content (AvgIpc) is 2.30. The van der Waals surface area contributed by atoms with Gasteiger partial charge in [0, 0.05) is 32.0 Å². The Hall–Kier alpha value is -1.46. The van der Waals surface area contributed by atoms with Crippen LogP contribution in [-0.2, 0) is 16.1 Å². The molecule has 1 atom stereocenters. The molecule has 1 aromatic heterocycles. The lowest BCUT2D eigenvalue weighted by atomic mass is 10.0. The van der Waals surface area contributed by atoms with Gasteiger partial charge in [-0.15, -0.1) is 0 Å². The van der Waals surface area contributed by atoms with Crippen molar-refractivity contribution in [2.75, 3.05) is 19.7 Å². The summed E-state index contributed by atoms with van der Waals surface area (Å²) < 4.78 is 5.47. The number of morpholine rings is 1. The molecular formula is C12H17N3O2. The van der Waals surface area contributed by atoms with E-state index in [1.807, 2.05) is 12.1 Å². The van der Waals surface area contributed by atoms with E-state index in [1.54, 1.807) is 19.3 Å². The number of amides is 1. The van der Waals surface area contributed by atoms with E-state index in [4.69, 9.17) is 10.5 Å². The average molecular weight is 235 g/mol. The second-order valence-corrected chi connectivity index (χ2v) is 4.51. The normalized spacial score (nSPS) is 25.7. The fourth-order valence-corrected chi connectivity index (χ4v) is 1.98. The molecule has 1 aliphatic heterocycles. The number of carbonyl (C=O) groups excluding carboxylic acids is 1. The summed E-state index contributed by atoms with van der Waals surface area (Å²) in [6, 6.07) is 3.94. The number of rotatable bonds is 3. The lowest BCUT2D eigenvalue weighted by Gasteiger charge is -2.38. The molecule has 2 N–H and O–H groups in total. The summed E-state index contributed by atoms with van der Waals surface area (Å²) >= 11 is 0. The van der Waals surface area contributed by atoms with Crippen LogP contribution in [-0.4, -0.2) is 41.1 Å². The SMILES string of the molecule is C[C@@]1(C(N)=O)CN(Cc2ccncc2)CCO1. The third-order valence-corrected chi connectivity index (χ3v) is 3.03. The van der Waals surface area contributed by atoms with Crippen LogP contribution < -0.4 is 5.73 Å². The van der Waals surface area contributed by atoms with E-state index in [9.17, 15) is 4.79 Å². The van der Waals surface area contributed by atoms with Gasteiger partial charge in [0.05, 0.1) is 6.61 Å². The van der Waals surface area contributed by atoms with Crippen LogP contribution in [0.3, 0.4) is 0 Å². The Bertz CT molecular complexity index is 396. The fraction of sp³-hybridized carbons (Fsp3) is 0.500. The lowest BCUT2D eigenvalue weighted by molar-refractivity contribution is -0.153. The smallest absolute Gasteiger partial charge is 0.250 e. The largest absolute Gasteiger partial charge is 0.367 e. The van der Waals surface area contributed by atoms with Gasteiger partial charge < -0.3 is 10.5 Å². The first kappa shape index (κ1) is 12.0. The Morgan fingerprint density at radius 1 is 1.59 bits per heavy atom. The molecule has 0 aliphatic carbocycles. The minimum absolute atomic E-state index is 0.406. The van der Waals surface area contributed by atoms with Crippen molar-refractivity contribution in [1.82, 2.24) is 9.88 Å². The van der Waals surface area contributed by atoms with E-state index < -0.39 is 11.5 Å². The highest BCUT2D eigenvalue weighted by molar-refractivity contribution is 5.83. The molecule has 0 unspecified atom stereocenters. The van der Waals surface area contributed by atoms with Crippen LogP contribution in [0.5, 0.6) is 0 Å². The molecular weight excluding hydrogens is 218 g/mol. The molecule has 0 aromatic carbocycles. The van der Waals surface area contributed by atoms with Crippen LogP contribution in [0.15, 0.2) is 24.5 Å². The summed E-state index contributed by atoms with van der Waals surface area (Å²) in [6.45, 7) is 4.41. The van der Waals surface area contributed by atoms with E-state index in [0.29, 0.717) is 13.2 Å². The Labute approximate surface area is 101 Å². The van der Waals surface area contributed by atoms with Gasteiger partial charge in [0.25, 0.3) is 5.91 Å². The van der Waals surface area contributed by atoms with E-state index in [1.165, 1.54) is 5.56 Å².